The van der Waals surface area contributed by atoms with E-state index in [2.05, 4.69) is 58.0 Å². The molecule has 19 heavy (non-hydrogen) atoms. The molecule has 2 aromatic rings. The van der Waals surface area contributed by atoms with Crippen LogP contribution in [0.5, 0.6) is 0 Å². The zero-order valence-electron chi connectivity index (χ0n) is 11.4. The molecular formula is C15H22N4. The number of para-hydroxylation sites is 1. The van der Waals surface area contributed by atoms with Crippen molar-refractivity contribution < 1.29 is 0 Å². The van der Waals surface area contributed by atoms with E-state index in [1.807, 2.05) is 0 Å². The molecule has 2 heterocycles. The molecule has 0 radical (unpaired) electrons. The first-order chi connectivity index (χ1) is 9.33. The van der Waals surface area contributed by atoms with Crippen molar-refractivity contribution in [3.8, 4) is 0 Å². The van der Waals surface area contributed by atoms with Crippen LogP contribution in [0.3, 0.4) is 0 Å². The molecule has 1 aliphatic heterocycles. The van der Waals surface area contributed by atoms with Crippen LogP contribution < -0.4 is 10.6 Å². The lowest BCUT2D eigenvalue weighted by Gasteiger charge is -2.31. The molecule has 1 aromatic carbocycles. The molecule has 0 saturated carbocycles. The van der Waals surface area contributed by atoms with Crippen molar-refractivity contribution in [3.63, 3.8) is 0 Å². The van der Waals surface area contributed by atoms with Crippen molar-refractivity contribution in [1.29, 1.82) is 0 Å². The molecule has 1 unspecified atom stereocenters. The monoisotopic (exact) mass is 258 g/mol. The fourth-order valence-electron chi connectivity index (χ4n) is 2.78. The van der Waals surface area contributed by atoms with E-state index in [1.165, 1.54) is 16.6 Å². The van der Waals surface area contributed by atoms with E-state index in [-0.39, 0.29) is 0 Å². The quantitative estimate of drug-likeness (QED) is 0.784. The number of likely N-dealkylation sites (N-methyl/N-ethyl adjacent to an activating group) is 1. The van der Waals surface area contributed by atoms with Gasteiger partial charge >= 0.3 is 0 Å². The van der Waals surface area contributed by atoms with Crippen LogP contribution in [-0.4, -0.2) is 49.2 Å². The third kappa shape index (κ3) is 2.91. The van der Waals surface area contributed by atoms with Crippen molar-refractivity contribution in [2.24, 2.45) is 0 Å². The smallest absolute Gasteiger partial charge is 0.0597 e. The Kier molecular flexibility index (Phi) is 3.71. The third-order valence-corrected chi connectivity index (χ3v) is 3.86. The topological polar surface area (TPSA) is 43.1 Å². The van der Waals surface area contributed by atoms with Crippen LogP contribution in [-0.2, 0) is 0 Å². The van der Waals surface area contributed by atoms with Gasteiger partial charge in [-0.2, -0.15) is 0 Å². The van der Waals surface area contributed by atoms with E-state index >= 15 is 0 Å². The van der Waals surface area contributed by atoms with Crippen molar-refractivity contribution in [1.82, 2.24) is 15.2 Å². The van der Waals surface area contributed by atoms with Crippen LogP contribution in [0.1, 0.15) is 6.42 Å². The number of piperazine rings is 1. The standard InChI is InChI=1S/C15H22N4/c1-19-9-8-16-12(11-19)6-7-17-15-10-18-14-5-3-2-4-13(14)15/h2-5,10,12,16-18H,6-9,11H2,1H3. The molecule has 0 amide bonds. The van der Waals surface area contributed by atoms with Gasteiger partial charge in [-0.15, -0.1) is 0 Å². The lowest BCUT2D eigenvalue weighted by Crippen LogP contribution is -2.49. The van der Waals surface area contributed by atoms with E-state index < -0.39 is 0 Å². The summed E-state index contributed by atoms with van der Waals surface area (Å²) in [4.78, 5) is 5.69. The van der Waals surface area contributed by atoms with Crippen LogP contribution in [0.2, 0.25) is 0 Å². The Morgan fingerprint density at radius 2 is 2.26 bits per heavy atom. The number of hydrogen-bond acceptors (Lipinski definition) is 3. The van der Waals surface area contributed by atoms with Gasteiger partial charge in [-0.3, -0.25) is 0 Å². The van der Waals surface area contributed by atoms with Gasteiger partial charge in [-0.05, 0) is 19.5 Å². The normalized spacial score (nSPS) is 20.8. The summed E-state index contributed by atoms with van der Waals surface area (Å²) in [6.07, 6.45) is 3.22. The van der Waals surface area contributed by atoms with Crippen LogP contribution in [0.25, 0.3) is 10.9 Å². The fourth-order valence-corrected chi connectivity index (χ4v) is 2.78. The molecule has 0 aliphatic carbocycles. The summed E-state index contributed by atoms with van der Waals surface area (Å²) >= 11 is 0. The SMILES string of the molecule is CN1CCNC(CCNc2c[nH]c3ccccc23)C1. The Labute approximate surface area is 114 Å². The second-order valence-corrected chi connectivity index (χ2v) is 5.38. The van der Waals surface area contributed by atoms with E-state index in [4.69, 9.17) is 0 Å². The first-order valence-electron chi connectivity index (χ1n) is 7.05. The highest BCUT2D eigenvalue weighted by Crippen LogP contribution is 2.22. The fraction of sp³-hybridized carbons (Fsp3) is 0.467. The highest BCUT2D eigenvalue weighted by molar-refractivity contribution is 5.92. The van der Waals surface area contributed by atoms with Gasteiger partial charge in [0.1, 0.15) is 0 Å². The lowest BCUT2D eigenvalue weighted by atomic mass is 10.1. The second kappa shape index (κ2) is 5.63. The minimum Gasteiger partial charge on any atom is -0.383 e. The van der Waals surface area contributed by atoms with Gasteiger partial charge in [0.15, 0.2) is 0 Å². The molecule has 0 bridgehead atoms. The van der Waals surface area contributed by atoms with Crippen molar-refractivity contribution in [2.75, 3.05) is 38.5 Å². The van der Waals surface area contributed by atoms with Gasteiger partial charge < -0.3 is 20.5 Å². The highest BCUT2D eigenvalue weighted by atomic mass is 15.2. The molecule has 0 spiro atoms. The van der Waals surface area contributed by atoms with Gasteiger partial charge in [0.25, 0.3) is 0 Å². The van der Waals surface area contributed by atoms with Crippen LogP contribution in [0.4, 0.5) is 5.69 Å². The number of aromatic nitrogens is 1. The number of H-pyrrole nitrogens is 1. The lowest BCUT2D eigenvalue weighted by molar-refractivity contribution is 0.234. The zero-order chi connectivity index (χ0) is 13.1. The molecule has 3 N–H and O–H groups in total. The average molecular weight is 258 g/mol. The van der Waals surface area contributed by atoms with Crippen molar-refractivity contribution in [3.05, 3.63) is 30.5 Å². The number of nitrogens with zero attached hydrogens (tertiary/aromatic N) is 1. The summed E-state index contributed by atoms with van der Waals surface area (Å²) in [7, 11) is 2.20. The molecule has 102 valence electrons. The Morgan fingerprint density at radius 3 is 3.16 bits per heavy atom. The first kappa shape index (κ1) is 12.5. The summed E-state index contributed by atoms with van der Waals surface area (Å²) in [6, 6.07) is 9.01. The Morgan fingerprint density at radius 1 is 1.37 bits per heavy atom. The molecule has 4 heteroatoms. The van der Waals surface area contributed by atoms with E-state index in [1.54, 1.807) is 0 Å². The number of hydrogen-bond donors (Lipinski definition) is 3. The molecule has 1 aliphatic rings. The zero-order valence-corrected chi connectivity index (χ0v) is 11.4. The van der Waals surface area contributed by atoms with Crippen LogP contribution in [0, 0.1) is 0 Å². The first-order valence-corrected chi connectivity index (χ1v) is 7.05. The Balaban J connectivity index is 1.55. The van der Waals surface area contributed by atoms with Gasteiger partial charge in [-0.1, -0.05) is 18.2 Å². The van der Waals surface area contributed by atoms with Gasteiger partial charge in [-0.25, -0.2) is 0 Å². The molecule has 1 aromatic heterocycles. The largest absolute Gasteiger partial charge is 0.383 e. The maximum absolute atomic E-state index is 3.58. The number of anilines is 1. The predicted molar refractivity (Wildman–Crippen MR) is 80.7 cm³/mol. The molecule has 4 nitrogen and oxygen atoms in total. The number of benzene rings is 1. The summed E-state index contributed by atoms with van der Waals surface area (Å²) in [5, 5.41) is 8.39. The van der Waals surface area contributed by atoms with Gasteiger partial charge in [0.05, 0.1) is 5.69 Å². The van der Waals surface area contributed by atoms with Crippen molar-refractivity contribution >= 4 is 16.6 Å². The minimum absolute atomic E-state index is 0.608. The summed E-state index contributed by atoms with van der Waals surface area (Å²) in [5.41, 5.74) is 2.40. The highest BCUT2D eigenvalue weighted by Gasteiger charge is 2.15. The average Bonchev–Trinajstić information content (AvgIpc) is 2.83. The molecule has 1 saturated heterocycles. The third-order valence-electron chi connectivity index (χ3n) is 3.86. The van der Waals surface area contributed by atoms with Gasteiger partial charge in [0, 0.05) is 49.3 Å². The van der Waals surface area contributed by atoms with Crippen LogP contribution >= 0.6 is 0 Å². The summed E-state index contributed by atoms with van der Waals surface area (Å²) < 4.78 is 0. The van der Waals surface area contributed by atoms with E-state index in [0.717, 1.165) is 32.6 Å². The number of nitrogens with one attached hydrogen (secondary N) is 3. The summed E-state index contributed by atoms with van der Waals surface area (Å²) in [5.74, 6) is 0. The molecular weight excluding hydrogens is 236 g/mol. The minimum atomic E-state index is 0.608. The maximum atomic E-state index is 3.58. The van der Waals surface area contributed by atoms with E-state index in [0.29, 0.717) is 6.04 Å². The van der Waals surface area contributed by atoms with Crippen LogP contribution in [0.15, 0.2) is 30.5 Å². The molecule has 1 fully saturated rings. The second-order valence-electron chi connectivity index (χ2n) is 5.38. The Bertz CT molecular complexity index is 534. The number of fused-ring (bicyclic) bond motifs is 1. The van der Waals surface area contributed by atoms with Crippen molar-refractivity contribution in [2.45, 2.75) is 12.5 Å². The van der Waals surface area contributed by atoms with Gasteiger partial charge in [0.2, 0.25) is 0 Å². The number of rotatable bonds is 4. The molecule has 3 rings (SSSR count). The van der Waals surface area contributed by atoms with E-state index in [9.17, 15) is 0 Å². The predicted octanol–water partition coefficient (Wildman–Crippen LogP) is 1.87. The number of aromatic amines is 1. The Hall–Kier alpha value is -1.52. The summed E-state index contributed by atoms with van der Waals surface area (Å²) in [6.45, 7) is 4.42. The maximum Gasteiger partial charge on any atom is 0.0597 e. The molecule has 1 atom stereocenters.